The van der Waals surface area contributed by atoms with Gasteiger partial charge in [0.2, 0.25) is 0 Å². The van der Waals surface area contributed by atoms with E-state index in [0.717, 1.165) is 23.2 Å². The molecule has 5 nitrogen and oxygen atoms in total. The Kier molecular flexibility index (Phi) is 5.98. The van der Waals surface area contributed by atoms with Crippen molar-refractivity contribution in [3.63, 3.8) is 0 Å². The van der Waals surface area contributed by atoms with E-state index in [-0.39, 0.29) is 5.75 Å². The van der Waals surface area contributed by atoms with Gasteiger partial charge in [0.25, 0.3) is 0 Å². The van der Waals surface area contributed by atoms with Crippen LogP contribution in [0.4, 0.5) is 5.69 Å². The van der Waals surface area contributed by atoms with Crippen molar-refractivity contribution in [2.75, 3.05) is 11.6 Å². The van der Waals surface area contributed by atoms with Crippen molar-refractivity contribution in [2.45, 2.75) is 25.6 Å². The summed E-state index contributed by atoms with van der Waals surface area (Å²) in [7, 11) is -3.09. The second-order valence-corrected chi connectivity index (χ2v) is 7.86. The van der Waals surface area contributed by atoms with Crippen LogP contribution in [0.15, 0.2) is 53.5 Å². The van der Waals surface area contributed by atoms with Crippen molar-refractivity contribution >= 4 is 21.5 Å². The highest BCUT2D eigenvalue weighted by molar-refractivity contribution is 7.89. The second-order valence-electron chi connectivity index (χ2n) is 5.72. The summed E-state index contributed by atoms with van der Waals surface area (Å²) in [6, 6.07) is 15.3. The van der Waals surface area contributed by atoms with Crippen LogP contribution >= 0.6 is 0 Å². The Labute approximate surface area is 143 Å². The Morgan fingerprint density at radius 3 is 2.50 bits per heavy atom. The van der Waals surface area contributed by atoms with Gasteiger partial charge >= 0.3 is 0 Å². The molecule has 0 aliphatic carbocycles. The van der Waals surface area contributed by atoms with Crippen LogP contribution in [0, 0.1) is 0 Å². The molecule has 24 heavy (non-hydrogen) atoms. The lowest BCUT2D eigenvalue weighted by Crippen LogP contribution is -2.22. The minimum Gasteiger partial charge on any atom is -0.370 e. The van der Waals surface area contributed by atoms with E-state index in [4.69, 9.17) is 5.73 Å². The van der Waals surface area contributed by atoms with Gasteiger partial charge in [0, 0.05) is 11.9 Å². The number of guanidine groups is 1. The van der Waals surface area contributed by atoms with Gasteiger partial charge in [-0.2, -0.15) is 0 Å². The number of nitrogens with zero attached hydrogens (tertiary/aromatic N) is 1. The van der Waals surface area contributed by atoms with Crippen LogP contribution in [0.1, 0.15) is 23.6 Å². The molecular formula is C18H23N3O2S. The molecule has 0 atom stereocenters. The molecule has 0 spiro atoms. The maximum atomic E-state index is 11.5. The van der Waals surface area contributed by atoms with Gasteiger partial charge in [0.05, 0.1) is 12.3 Å². The summed E-state index contributed by atoms with van der Waals surface area (Å²) in [5.41, 5.74) is 9.66. The molecule has 0 aromatic heterocycles. The van der Waals surface area contributed by atoms with Gasteiger partial charge in [-0.3, -0.25) is 0 Å². The van der Waals surface area contributed by atoms with E-state index in [1.807, 2.05) is 36.4 Å². The Hall–Kier alpha value is -2.34. The van der Waals surface area contributed by atoms with Crippen LogP contribution in [0.5, 0.6) is 0 Å². The van der Waals surface area contributed by atoms with Crippen molar-refractivity contribution in [1.82, 2.24) is 0 Å². The number of aliphatic imine (C=N–C) groups is 1. The zero-order chi connectivity index (χ0) is 17.6. The van der Waals surface area contributed by atoms with E-state index in [1.54, 1.807) is 6.07 Å². The number of rotatable bonds is 6. The summed E-state index contributed by atoms with van der Waals surface area (Å²) in [5.74, 6) is 0.308. The molecule has 2 aromatic rings. The lowest BCUT2D eigenvalue weighted by atomic mass is 10.1. The number of sulfone groups is 1. The van der Waals surface area contributed by atoms with Crippen LogP contribution in [-0.2, 0) is 28.6 Å². The fourth-order valence-electron chi connectivity index (χ4n) is 2.36. The largest absolute Gasteiger partial charge is 0.370 e. The van der Waals surface area contributed by atoms with Crippen molar-refractivity contribution in [3.05, 3.63) is 65.2 Å². The van der Waals surface area contributed by atoms with E-state index in [2.05, 4.69) is 23.3 Å². The first-order valence-electron chi connectivity index (χ1n) is 7.78. The number of nitrogens with two attached hydrogens (primary N) is 1. The molecule has 0 saturated carbocycles. The third-order valence-corrected chi connectivity index (χ3v) is 4.40. The summed E-state index contributed by atoms with van der Waals surface area (Å²) in [6.45, 7) is 2.42. The summed E-state index contributed by atoms with van der Waals surface area (Å²) in [6.07, 6.45) is 2.18. The molecule has 0 amide bonds. The number of benzene rings is 2. The van der Waals surface area contributed by atoms with E-state index in [0.29, 0.717) is 12.5 Å². The van der Waals surface area contributed by atoms with Gasteiger partial charge in [-0.05, 0) is 35.2 Å². The van der Waals surface area contributed by atoms with Gasteiger partial charge in [-0.15, -0.1) is 0 Å². The number of hydrogen-bond donors (Lipinski definition) is 2. The SMILES string of the molecule is CCc1cccc(NC(N)=NCc2ccccc2CS(C)(=O)=O)c1. The Balaban J connectivity index is 2.09. The first kappa shape index (κ1) is 18.0. The molecule has 2 aromatic carbocycles. The van der Waals surface area contributed by atoms with Crippen molar-refractivity contribution in [2.24, 2.45) is 10.7 Å². The normalized spacial score (nSPS) is 12.2. The molecule has 128 valence electrons. The number of aryl methyl sites for hydroxylation is 1. The van der Waals surface area contributed by atoms with E-state index < -0.39 is 9.84 Å². The maximum absolute atomic E-state index is 11.5. The smallest absolute Gasteiger partial charge is 0.193 e. The number of hydrogen-bond acceptors (Lipinski definition) is 3. The lowest BCUT2D eigenvalue weighted by Gasteiger charge is -2.09. The molecule has 3 N–H and O–H groups in total. The Morgan fingerprint density at radius 2 is 1.83 bits per heavy atom. The van der Waals surface area contributed by atoms with Crippen molar-refractivity contribution in [3.8, 4) is 0 Å². The summed E-state index contributed by atoms with van der Waals surface area (Å²) in [4.78, 5) is 4.32. The minimum atomic E-state index is -3.09. The topological polar surface area (TPSA) is 84.5 Å². The van der Waals surface area contributed by atoms with Gasteiger partial charge in [-0.25, -0.2) is 13.4 Å². The second kappa shape index (κ2) is 7.97. The molecule has 2 rings (SSSR count). The van der Waals surface area contributed by atoms with Crippen LogP contribution in [-0.4, -0.2) is 20.6 Å². The fraction of sp³-hybridized carbons (Fsp3) is 0.278. The molecule has 0 bridgehead atoms. The quantitative estimate of drug-likeness (QED) is 0.623. The average Bonchev–Trinajstić information content (AvgIpc) is 2.53. The third-order valence-electron chi connectivity index (χ3n) is 3.56. The van der Waals surface area contributed by atoms with Gasteiger partial charge in [0.15, 0.2) is 15.8 Å². The van der Waals surface area contributed by atoms with Crippen LogP contribution in [0.25, 0.3) is 0 Å². The highest BCUT2D eigenvalue weighted by Crippen LogP contribution is 2.14. The molecule has 0 saturated heterocycles. The first-order chi connectivity index (χ1) is 11.4. The zero-order valence-corrected chi connectivity index (χ0v) is 14.8. The van der Waals surface area contributed by atoms with Crippen molar-refractivity contribution in [1.29, 1.82) is 0 Å². The maximum Gasteiger partial charge on any atom is 0.193 e. The predicted octanol–water partition coefficient (Wildman–Crippen LogP) is 2.72. The van der Waals surface area contributed by atoms with E-state index >= 15 is 0 Å². The minimum absolute atomic E-state index is 0.00454. The molecule has 6 heteroatoms. The Morgan fingerprint density at radius 1 is 1.12 bits per heavy atom. The zero-order valence-electron chi connectivity index (χ0n) is 14.0. The molecule has 0 heterocycles. The lowest BCUT2D eigenvalue weighted by molar-refractivity contribution is 0.601. The molecule has 0 radical (unpaired) electrons. The molecular weight excluding hydrogens is 322 g/mol. The van der Waals surface area contributed by atoms with Crippen LogP contribution in [0.2, 0.25) is 0 Å². The molecule has 0 unspecified atom stereocenters. The highest BCUT2D eigenvalue weighted by Gasteiger charge is 2.08. The van der Waals surface area contributed by atoms with Crippen LogP contribution < -0.4 is 11.1 Å². The van der Waals surface area contributed by atoms with Gasteiger partial charge in [0.1, 0.15) is 0 Å². The van der Waals surface area contributed by atoms with Crippen LogP contribution in [0.3, 0.4) is 0 Å². The summed E-state index contributed by atoms with van der Waals surface area (Å²) >= 11 is 0. The standard InChI is InChI=1S/C18H23N3O2S/c1-3-14-7-6-10-17(11-14)21-18(19)20-12-15-8-4-5-9-16(15)13-24(2,22)23/h4-11H,3,12-13H2,1-2H3,(H3,19,20,21). The molecule has 0 aliphatic heterocycles. The predicted molar refractivity (Wildman–Crippen MR) is 99.8 cm³/mol. The highest BCUT2D eigenvalue weighted by atomic mass is 32.2. The average molecular weight is 345 g/mol. The van der Waals surface area contributed by atoms with E-state index in [9.17, 15) is 8.42 Å². The number of anilines is 1. The Bertz CT molecular complexity index is 830. The monoisotopic (exact) mass is 345 g/mol. The fourth-order valence-corrected chi connectivity index (χ4v) is 3.21. The summed E-state index contributed by atoms with van der Waals surface area (Å²) < 4.78 is 23.0. The van der Waals surface area contributed by atoms with E-state index in [1.165, 1.54) is 11.8 Å². The molecule has 0 fully saturated rings. The third kappa shape index (κ3) is 5.70. The van der Waals surface area contributed by atoms with Gasteiger partial charge < -0.3 is 11.1 Å². The summed E-state index contributed by atoms with van der Waals surface area (Å²) in [5, 5.41) is 3.06. The van der Waals surface area contributed by atoms with Gasteiger partial charge in [-0.1, -0.05) is 43.3 Å². The first-order valence-corrected chi connectivity index (χ1v) is 9.84. The molecule has 0 aliphatic rings. The van der Waals surface area contributed by atoms with Crippen molar-refractivity contribution < 1.29 is 8.42 Å². The number of nitrogens with one attached hydrogen (secondary N) is 1.